The summed E-state index contributed by atoms with van der Waals surface area (Å²) in [5.74, 6) is 12.8. The van der Waals surface area contributed by atoms with Crippen molar-refractivity contribution in [3.63, 3.8) is 0 Å². The molecule has 1 rings (SSSR count). The molecular weight excluding hydrogens is 304 g/mol. The number of carbonyl (C=O) groups is 1. The molecule has 1 aromatic rings. The van der Waals surface area contributed by atoms with Crippen molar-refractivity contribution in [1.29, 1.82) is 0 Å². The van der Waals surface area contributed by atoms with Gasteiger partial charge >= 0.3 is 5.97 Å². The zero-order chi connectivity index (χ0) is 15.3. The Morgan fingerprint density at radius 2 is 2.00 bits per heavy atom. The van der Waals surface area contributed by atoms with Crippen LogP contribution in [0.25, 0.3) is 0 Å². The third kappa shape index (κ3) is 8.87. The van der Waals surface area contributed by atoms with E-state index >= 15 is 0 Å². The van der Waals surface area contributed by atoms with Crippen molar-refractivity contribution in [2.24, 2.45) is 0 Å². The summed E-state index contributed by atoms with van der Waals surface area (Å²) in [6.45, 7) is 2.14. The number of halogens is 1. The first-order chi connectivity index (χ1) is 10.2. The maximum absolute atomic E-state index is 11.0. The highest BCUT2D eigenvalue weighted by Crippen LogP contribution is 2.08. The molecule has 0 N–H and O–H groups in total. The second-order valence-corrected chi connectivity index (χ2v) is 5.13. The molecular formula is C17H15ClO2S. The summed E-state index contributed by atoms with van der Waals surface area (Å²) < 4.78 is 4.73. The van der Waals surface area contributed by atoms with Crippen LogP contribution in [0.3, 0.4) is 0 Å². The van der Waals surface area contributed by atoms with E-state index in [0.29, 0.717) is 23.1 Å². The lowest BCUT2D eigenvalue weighted by molar-refractivity contribution is -0.137. The topological polar surface area (TPSA) is 26.3 Å². The molecule has 0 radical (unpaired) electrons. The number of hydrogen-bond donors (Lipinski definition) is 0. The van der Waals surface area contributed by atoms with E-state index in [2.05, 4.69) is 23.7 Å². The molecule has 0 atom stereocenters. The van der Waals surface area contributed by atoms with Crippen LogP contribution in [0.5, 0.6) is 0 Å². The van der Waals surface area contributed by atoms with Gasteiger partial charge in [-0.3, -0.25) is 0 Å². The first kappa shape index (κ1) is 17.2. The summed E-state index contributed by atoms with van der Waals surface area (Å²) in [6, 6.07) is 7.42. The Hall–Kier alpha value is -1.81. The van der Waals surface area contributed by atoms with Gasteiger partial charge in [0.15, 0.2) is 0 Å². The minimum Gasteiger partial charge on any atom is -0.463 e. The zero-order valence-electron chi connectivity index (χ0n) is 11.7. The molecule has 0 saturated carbocycles. The molecule has 0 aliphatic carbocycles. The fourth-order valence-corrected chi connectivity index (χ4v) is 1.81. The fraction of sp³-hybridized carbons (Fsp3) is 0.235. The number of thioether (sulfide) groups is 1. The number of hydrogen-bond acceptors (Lipinski definition) is 3. The predicted molar refractivity (Wildman–Crippen MR) is 89.2 cm³/mol. The maximum Gasteiger partial charge on any atom is 0.331 e. The average molecular weight is 319 g/mol. The summed E-state index contributed by atoms with van der Waals surface area (Å²) in [5, 5.41) is 0.709. The maximum atomic E-state index is 11.0. The zero-order valence-corrected chi connectivity index (χ0v) is 13.3. The van der Waals surface area contributed by atoms with Gasteiger partial charge in [-0.2, -0.15) is 0 Å². The van der Waals surface area contributed by atoms with E-state index < -0.39 is 0 Å². The molecule has 0 bridgehead atoms. The molecule has 0 aromatic heterocycles. The Morgan fingerprint density at radius 3 is 2.71 bits per heavy atom. The van der Waals surface area contributed by atoms with Gasteiger partial charge in [0, 0.05) is 16.7 Å². The van der Waals surface area contributed by atoms with Crippen LogP contribution in [0, 0.1) is 23.7 Å². The largest absolute Gasteiger partial charge is 0.463 e. The molecule has 0 heterocycles. The van der Waals surface area contributed by atoms with Crippen LogP contribution in [0.2, 0.25) is 5.02 Å². The molecule has 0 saturated heterocycles. The number of ether oxygens (including phenoxy) is 1. The SMILES string of the molecule is CCOC(=O)/C=C/C#CCSCC#Cc1ccc(Cl)cc1. The Bertz CT molecular complexity index is 598. The molecule has 21 heavy (non-hydrogen) atoms. The van der Waals surface area contributed by atoms with Gasteiger partial charge in [0.05, 0.1) is 18.1 Å². The standard InChI is InChI=1S/C17H15ClO2S/c1-2-20-17(19)8-4-3-5-13-21-14-6-7-15-9-11-16(18)12-10-15/h4,8-12H,2,13-14H2,1H3/b8-4+. The third-order valence-corrected chi connectivity index (χ3v) is 3.07. The molecule has 0 spiro atoms. The number of carbonyl (C=O) groups excluding carboxylic acids is 1. The number of esters is 1. The van der Waals surface area contributed by atoms with Gasteiger partial charge in [0.25, 0.3) is 0 Å². The highest BCUT2D eigenvalue weighted by molar-refractivity contribution is 7.99. The molecule has 108 valence electrons. The molecule has 0 unspecified atom stereocenters. The second kappa shape index (κ2) is 10.9. The van der Waals surface area contributed by atoms with Crippen LogP contribution >= 0.6 is 23.4 Å². The molecule has 2 nitrogen and oxygen atoms in total. The average Bonchev–Trinajstić information content (AvgIpc) is 2.47. The van der Waals surface area contributed by atoms with E-state index in [9.17, 15) is 4.79 Å². The summed E-state index contributed by atoms with van der Waals surface area (Å²) >= 11 is 7.41. The second-order valence-electron chi connectivity index (χ2n) is 3.71. The van der Waals surface area contributed by atoms with Crippen molar-refractivity contribution in [2.75, 3.05) is 18.1 Å². The summed E-state index contributed by atoms with van der Waals surface area (Å²) in [4.78, 5) is 11.0. The van der Waals surface area contributed by atoms with Crippen LogP contribution in [0.4, 0.5) is 0 Å². The van der Waals surface area contributed by atoms with Crippen molar-refractivity contribution >= 4 is 29.3 Å². The van der Waals surface area contributed by atoms with E-state index in [0.717, 1.165) is 5.56 Å². The van der Waals surface area contributed by atoms with Gasteiger partial charge in [0.1, 0.15) is 0 Å². The molecule has 0 aliphatic rings. The summed E-state index contributed by atoms with van der Waals surface area (Å²) in [7, 11) is 0. The van der Waals surface area contributed by atoms with Crippen LogP contribution in [-0.4, -0.2) is 24.1 Å². The highest BCUT2D eigenvalue weighted by Gasteiger charge is 1.90. The van der Waals surface area contributed by atoms with Crippen LogP contribution in [0.15, 0.2) is 36.4 Å². The van der Waals surface area contributed by atoms with Gasteiger partial charge < -0.3 is 4.74 Å². The molecule has 0 aliphatic heterocycles. The molecule has 4 heteroatoms. The van der Waals surface area contributed by atoms with Crippen molar-refractivity contribution in [1.82, 2.24) is 0 Å². The van der Waals surface area contributed by atoms with Gasteiger partial charge in [-0.25, -0.2) is 4.79 Å². The van der Waals surface area contributed by atoms with Crippen molar-refractivity contribution in [3.8, 4) is 23.7 Å². The minimum atomic E-state index is -0.367. The van der Waals surface area contributed by atoms with Gasteiger partial charge in [0.2, 0.25) is 0 Å². The lowest BCUT2D eigenvalue weighted by Crippen LogP contribution is -1.98. The number of benzene rings is 1. The minimum absolute atomic E-state index is 0.367. The third-order valence-electron chi connectivity index (χ3n) is 2.12. The van der Waals surface area contributed by atoms with Crippen LogP contribution in [-0.2, 0) is 9.53 Å². The molecule has 1 aromatic carbocycles. The van der Waals surface area contributed by atoms with Crippen molar-refractivity contribution < 1.29 is 9.53 Å². The van der Waals surface area contributed by atoms with E-state index in [-0.39, 0.29) is 5.97 Å². The first-order valence-electron chi connectivity index (χ1n) is 6.36. The van der Waals surface area contributed by atoms with Crippen LogP contribution < -0.4 is 0 Å². The summed E-state index contributed by atoms with van der Waals surface area (Å²) in [5.41, 5.74) is 0.948. The normalized spacial score (nSPS) is 9.43. The quantitative estimate of drug-likeness (QED) is 0.367. The molecule has 0 fully saturated rings. The Balaban J connectivity index is 2.21. The first-order valence-corrected chi connectivity index (χ1v) is 7.89. The van der Waals surface area contributed by atoms with E-state index in [1.165, 1.54) is 12.2 Å². The predicted octanol–water partition coefficient (Wildman–Crippen LogP) is 3.55. The molecule has 0 amide bonds. The number of allylic oxidation sites excluding steroid dienone is 1. The van der Waals surface area contributed by atoms with E-state index in [4.69, 9.17) is 16.3 Å². The van der Waals surface area contributed by atoms with E-state index in [1.807, 2.05) is 24.3 Å². The Kier molecular flexibility index (Phi) is 8.96. The Labute approximate surface area is 134 Å². The summed E-state index contributed by atoms with van der Waals surface area (Å²) in [6.07, 6.45) is 2.82. The lowest BCUT2D eigenvalue weighted by atomic mass is 10.2. The van der Waals surface area contributed by atoms with Gasteiger partial charge in [-0.05, 0) is 37.3 Å². The van der Waals surface area contributed by atoms with Gasteiger partial charge in [-0.15, -0.1) is 11.8 Å². The van der Waals surface area contributed by atoms with Crippen LogP contribution in [0.1, 0.15) is 12.5 Å². The lowest BCUT2D eigenvalue weighted by Gasteiger charge is -1.91. The number of rotatable bonds is 4. The van der Waals surface area contributed by atoms with Crippen molar-refractivity contribution in [3.05, 3.63) is 47.0 Å². The fourth-order valence-electron chi connectivity index (χ4n) is 1.23. The smallest absolute Gasteiger partial charge is 0.331 e. The highest BCUT2D eigenvalue weighted by atomic mass is 35.5. The monoisotopic (exact) mass is 318 g/mol. The van der Waals surface area contributed by atoms with Crippen molar-refractivity contribution in [2.45, 2.75) is 6.92 Å². The Morgan fingerprint density at radius 1 is 1.29 bits per heavy atom. The van der Waals surface area contributed by atoms with Gasteiger partial charge in [-0.1, -0.05) is 35.3 Å². The van der Waals surface area contributed by atoms with E-state index in [1.54, 1.807) is 18.7 Å².